The van der Waals surface area contributed by atoms with Crippen LogP contribution in [0.4, 0.5) is 13.6 Å². The van der Waals surface area contributed by atoms with E-state index in [0.29, 0.717) is 17.6 Å². The predicted molar refractivity (Wildman–Crippen MR) is 117 cm³/mol. The van der Waals surface area contributed by atoms with Crippen LogP contribution >= 0.6 is 0 Å². The quantitative estimate of drug-likeness (QED) is 0.595. The van der Waals surface area contributed by atoms with Gasteiger partial charge in [-0.3, -0.25) is 0 Å². The van der Waals surface area contributed by atoms with Crippen LogP contribution < -0.4 is 5.14 Å². The zero-order valence-electron chi connectivity index (χ0n) is 18.0. The second-order valence-electron chi connectivity index (χ2n) is 7.81. The number of carbonyl (C=O) groups excluding carboxylic acids is 1. The first-order chi connectivity index (χ1) is 15.6. The minimum Gasteiger partial charge on any atom is -0.453 e. The average molecular weight is 480 g/mol. The van der Waals surface area contributed by atoms with E-state index in [9.17, 15) is 9.00 Å². The molecule has 176 valence electrons. The lowest BCUT2D eigenvalue weighted by molar-refractivity contribution is -0.0310. The molecule has 0 radical (unpaired) electrons. The molecule has 0 aliphatic carbocycles. The van der Waals surface area contributed by atoms with E-state index in [1.807, 2.05) is 13.0 Å². The number of hydrogen-bond acceptors (Lipinski definition) is 6. The summed E-state index contributed by atoms with van der Waals surface area (Å²) in [6.07, 6.45) is -0.959. The SMILES string of the molecule is COC(=O)N1CCO[C@@H](Cn2c(-c3c(F)cc(S(=N)(N)=O)cc3F)nc3cc(C)ccc32)C1. The lowest BCUT2D eigenvalue weighted by Gasteiger charge is -2.32. The highest BCUT2D eigenvalue weighted by atomic mass is 32.2. The molecule has 0 bridgehead atoms. The molecule has 4 rings (SSSR count). The third-order valence-electron chi connectivity index (χ3n) is 5.45. The van der Waals surface area contributed by atoms with Gasteiger partial charge in [0.15, 0.2) is 0 Å². The van der Waals surface area contributed by atoms with E-state index < -0.39 is 44.2 Å². The first-order valence-corrected chi connectivity index (χ1v) is 11.7. The summed E-state index contributed by atoms with van der Waals surface area (Å²) in [5.74, 6) is -2.07. The number of hydrogen-bond donors (Lipinski definition) is 2. The number of fused-ring (bicyclic) bond motifs is 1. The maximum Gasteiger partial charge on any atom is 0.409 e. The number of ether oxygens (including phenoxy) is 2. The van der Waals surface area contributed by atoms with Gasteiger partial charge in [0.2, 0.25) is 0 Å². The van der Waals surface area contributed by atoms with E-state index >= 15 is 8.78 Å². The molecule has 1 fully saturated rings. The fourth-order valence-electron chi connectivity index (χ4n) is 3.88. The summed E-state index contributed by atoms with van der Waals surface area (Å²) < 4.78 is 61.5. The van der Waals surface area contributed by atoms with Crippen LogP contribution in [0.5, 0.6) is 0 Å². The third kappa shape index (κ3) is 4.54. The molecule has 2 heterocycles. The number of nitrogens with two attached hydrogens (primary N) is 1. The Morgan fingerprint density at radius 1 is 1.33 bits per heavy atom. The van der Waals surface area contributed by atoms with Crippen LogP contribution in [-0.4, -0.2) is 57.7 Å². The highest BCUT2D eigenvalue weighted by Crippen LogP contribution is 2.32. The summed E-state index contributed by atoms with van der Waals surface area (Å²) in [5.41, 5.74) is 1.63. The molecule has 0 saturated carbocycles. The van der Waals surface area contributed by atoms with Crippen LogP contribution in [0.1, 0.15) is 5.56 Å². The Labute approximate surface area is 189 Å². The number of halogens is 2. The maximum absolute atomic E-state index is 15.0. The molecule has 1 amide bonds. The van der Waals surface area contributed by atoms with Gasteiger partial charge in [-0.05, 0) is 36.8 Å². The summed E-state index contributed by atoms with van der Waals surface area (Å²) in [6, 6.07) is 7.02. The Morgan fingerprint density at radius 2 is 2.03 bits per heavy atom. The average Bonchev–Trinajstić information content (AvgIpc) is 3.09. The zero-order chi connectivity index (χ0) is 23.9. The number of nitrogens with one attached hydrogen (secondary N) is 1. The smallest absolute Gasteiger partial charge is 0.409 e. The molecule has 1 unspecified atom stereocenters. The summed E-state index contributed by atoms with van der Waals surface area (Å²) in [4.78, 5) is 17.4. The molecule has 2 aromatic carbocycles. The second-order valence-corrected chi connectivity index (χ2v) is 9.48. The van der Waals surface area contributed by atoms with Gasteiger partial charge in [-0.15, -0.1) is 0 Å². The standard InChI is InChI=1S/C21H23F2N5O4S/c1-12-3-4-18-17(7-12)26-20(19-15(22)8-14(9-16(19)23)33(24,25)30)28(18)11-13-10-27(5-6-32-13)21(29)31-2/h3-4,7-9,13H,5-6,10-11H2,1-2H3,(H3,24,25,30)/t13-/m1/s1. The minimum atomic E-state index is -3.80. The van der Waals surface area contributed by atoms with Crippen molar-refractivity contribution in [3.63, 3.8) is 0 Å². The molecule has 1 aliphatic rings. The number of nitrogens with zero attached hydrogens (tertiary/aromatic N) is 3. The van der Waals surface area contributed by atoms with Crippen LogP contribution in [-0.2, 0) is 25.9 Å². The predicted octanol–water partition coefficient (Wildman–Crippen LogP) is 3.04. The number of amides is 1. The summed E-state index contributed by atoms with van der Waals surface area (Å²) >= 11 is 0. The monoisotopic (exact) mass is 479 g/mol. The Balaban J connectivity index is 1.82. The van der Waals surface area contributed by atoms with E-state index in [2.05, 4.69) is 4.98 Å². The van der Waals surface area contributed by atoms with Crippen molar-refractivity contribution in [2.75, 3.05) is 26.8 Å². The van der Waals surface area contributed by atoms with E-state index in [0.717, 1.165) is 17.7 Å². The highest BCUT2D eigenvalue weighted by Gasteiger charge is 2.28. The first-order valence-electron chi connectivity index (χ1n) is 10.1. The van der Waals surface area contributed by atoms with Crippen LogP contribution in [0.2, 0.25) is 0 Å². The van der Waals surface area contributed by atoms with Crippen molar-refractivity contribution < 1.29 is 27.3 Å². The van der Waals surface area contributed by atoms with Gasteiger partial charge in [-0.2, -0.15) is 0 Å². The van der Waals surface area contributed by atoms with Crippen molar-refractivity contribution in [2.24, 2.45) is 5.14 Å². The topological polar surface area (TPSA) is 124 Å². The van der Waals surface area contributed by atoms with Gasteiger partial charge in [0.1, 0.15) is 27.4 Å². The molecule has 2 atom stereocenters. The van der Waals surface area contributed by atoms with Crippen LogP contribution in [0.25, 0.3) is 22.4 Å². The van der Waals surface area contributed by atoms with Gasteiger partial charge in [-0.25, -0.2) is 32.7 Å². The van der Waals surface area contributed by atoms with Crippen LogP contribution in [0.3, 0.4) is 0 Å². The van der Waals surface area contributed by atoms with Crippen molar-refractivity contribution in [3.8, 4) is 11.4 Å². The minimum absolute atomic E-state index is 0.00411. The van der Waals surface area contributed by atoms with Crippen molar-refractivity contribution in [1.29, 1.82) is 4.78 Å². The third-order valence-corrected chi connectivity index (χ3v) is 6.39. The number of carbonyl (C=O) groups is 1. The Morgan fingerprint density at radius 3 is 2.67 bits per heavy atom. The van der Waals surface area contributed by atoms with Gasteiger partial charge in [0.25, 0.3) is 0 Å². The molecule has 9 nitrogen and oxygen atoms in total. The molecular weight excluding hydrogens is 456 g/mol. The van der Waals surface area contributed by atoms with Crippen molar-refractivity contribution in [2.45, 2.75) is 24.5 Å². The van der Waals surface area contributed by atoms with Gasteiger partial charge >= 0.3 is 6.09 Å². The van der Waals surface area contributed by atoms with E-state index in [1.165, 1.54) is 12.0 Å². The van der Waals surface area contributed by atoms with Gasteiger partial charge in [0, 0.05) is 6.54 Å². The zero-order valence-corrected chi connectivity index (χ0v) is 18.8. The normalized spacial score (nSPS) is 18.3. The van der Waals surface area contributed by atoms with Gasteiger partial charge < -0.3 is 18.9 Å². The fourth-order valence-corrected chi connectivity index (χ4v) is 4.44. The van der Waals surface area contributed by atoms with Crippen molar-refractivity contribution >= 4 is 27.0 Å². The highest BCUT2D eigenvalue weighted by molar-refractivity contribution is 7.90. The number of aromatic nitrogens is 2. The summed E-state index contributed by atoms with van der Waals surface area (Å²) in [7, 11) is -2.51. The van der Waals surface area contributed by atoms with Crippen LogP contribution in [0, 0.1) is 23.3 Å². The summed E-state index contributed by atoms with van der Waals surface area (Å²) in [6.45, 7) is 2.92. The summed E-state index contributed by atoms with van der Waals surface area (Å²) in [5, 5.41) is 5.25. The number of methoxy groups -OCH3 is 1. The molecule has 1 saturated heterocycles. The molecule has 1 aromatic heterocycles. The molecule has 3 aromatic rings. The molecular formula is C21H23F2N5O4S. The van der Waals surface area contributed by atoms with Gasteiger partial charge in [-0.1, -0.05) is 6.07 Å². The molecule has 3 N–H and O–H groups in total. The molecule has 1 aliphatic heterocycles. The fraction of sp³-hybridized carbons (Fsp3) is 0.333. The van der Waals surface area contributed by atoms with E-state index in [1.54, 1.807) is 16.7 Å². The van der Waals surface area contributed by atoms with Crippen molar-refractivity contribution in [1.82, 2.24) is 14.5 Å². The van der Waals surface area contributed by atoms with E-state index in [4.69, 9.17) is 19.4 Å². The Kier molecular flexibility index (Phi) is 6.08. The number of aryl methyl sites for hydroxylation is 1. The first kappa shape index (κ1) is 23.1. The molecule has 33 heavy (non-hydrogen) atoms. The number of benzene rings is 2. The largest absolute Gasteiger partial charge is 0.453 e. The number of rotatable bonds is 4. The van der Waals surface area contributed by atoms with E-state index in [-0.39, 0.29) is 25.5 Å². The lowest BCUT2D eigenvalue weighted by atomic mass is 10.1. The number of morpholine rings is 1. The molecule has 12 heteroatoms. The Bertz CT molecular complexity index is 1320. The number of imidazole rings is 1. The van der Waals surface area contributed by atoms with Gasteiger partial charge in [0.05, 0.1) is 54.4 Å². The lowest BCUT2D eigenvalue weighted by Crippen LogP contribution is -2.47. The molecule has 0 spiro atoms. The Hall–Kier alpha value is -3.09. The second kappa shape index (κ2) is 8.69. The maximum atomic E-state index is 15.0. The van der Waals surface area contributed by atoms with Crippen LogP contribution in [0.15, 0.2) is 35.2 Å². The van der Waals surface area contributed by atoms with Crippen molar-refractivity contribution in [3.05, 3.63) is 47.5 Å².